The lowest BCUT2D eigenvalue weighted by Crippen LogP contribution is -1.90. The molecule has 0 aromatic heterocycles. The number of unbranched alkanes of at least 4 members (excludes halogenated alkanes) is 6. The van der Waals surface area contributed by atoms with E-state index in [1.807, 2.05) is 6.08 Å². The molecule has 0 N–H and O–H groups in total. The van der Waals surface area contributed by atoms with Crippen molar-refractivity contribution in [3.63, 3.8) is 0 Å². The zero-order valence-electron chi connectivity index (χ0n) is 9.50. The minimum atomic E-state index is 0.384. The largest absolute Gasteiger partial charge is 0.365 e. The second-order valence-electron chi connectivity index (χ2n) is 4.28. The molecule has 0 bridgehead atoms. The van der Waals surface area contributed by atoms with Crippen LogP contribution in [0.5, 0.6) is 0 Å². The molecule has 1 heteroatoms. The summed E-state index contributed by atoms with van der Waals surface area (Å²) in [5.74, 6) is 0. The van der Waals surface area contributed by atoms with E-state index in [4.69, 9.17) is 4.74 Å². The molecule has 0 amide bonds. The average Bonchev–Trinajstić information content (AvgIpc) is 2.95. The van der Waals surface area contributed by atoms with E-state index in [2.05, 4.69) is 13.5 Å². The summed E-state index contributed by atoms with van der Waals surface area (Å²) in [7, 11) is 0. The Bertz CT molecular complexity index is 153. The van der Waals surface area contributed by atoms with Crippen molar-refractivity contribution in [1.82, 2.24) is 0 Å². The molecule has 0 aromatic rings. The molecule has 0 aromatic carbocycles. The van der Waals surface area contributed by atoms with E-state index in [1.165, 1.54) is 51.4 Å². The Hall–Kier alpha value is -0.300. The van der Waals surface area contributed by atoms with Gasteiger partial charge in [0.05, 0.1) is 6.10 Å². The van der Waals surface area contributed by atoms with Gasteiger partial charge in [0.25, 0.3) is 0 Å². The van der Waals surface area contributed by atoms with Crippen LogP contribution in [0.3, 0.4) is 0 Å². The summed E-state index contributed by atoms with van der Waals surface area (Å²) < 4.78 is 5.39. The molecular weight excluding hydrogens is 172 g/mol. The molecule has 2 atom stereocenters. The fraction of sp³-hybridized carbons (Fsp3) is 0.846. The van der Waals surface area contributed by atoms with Gasteiger partial charge in [-0.25, -0.2) is 0 Å². The lowest BCUT2D eigenvalue weighted by atomic mass is 10.1. The van der Waals surface area contributed by atoms with Crippen LogP contribution in [0, 0.1) is 0 Å². The molecular formula is C13H24O. The molecule has 1 saturated heterocycles. The van der Waals surface area contributed by atoms with Gasteiger partial charge >= 0.3 is 0 Å². The smallest absolute Gasteiger partial charge is 0.102 e. The Balaban J connectivity index is 1.75. The fourth-order valence-electron chi connectivity index (χ4n) is 1.90. The number of hydrogen-bond donors (Lipinski definition) is 0. The van der Waals surface area contributed by atoms with Crippen LogP contribution in [0.15, 0.2) is 12.7 Å². The lowest BCUT2D eigenvalue weighted by molar-refractivity contribution is 0.372. The van der Waals surface area contributed by atoms with Crippen molar-refractivity contribution in [2.24, 2.45) is 0 Å². The number of rotatable bonds is 9. The zero-order chi connectivity index (χ0) is 10.2. The molecule has 0 saturated carbocycles. The van der Waals surface area contributed by atoms with Gasteiger partial charge in [-0.3, -0.25) is 0 Å². The van der Waals surface area contributed by atoms with Crippen LogP contribution in [-0.2, 0) is 4.74 Å². The maximum atomic E-state index is 5.39. The van der Waals surface area contributed by atoms with Gasteiger partial charge in [0.15, 0.2) is 0 Å². The topological polar surface area (TPSA) is 12.5 Å². The predicted molar refractivity (Wildman–Crippen MR) is 61.5 cm³/mol. The third-order valence-electron chi connectivity index (χ3n) is 2.95. The minimum absolute atomic E-state index is 0.384. The monoisotopic (exact) mass is 196 g/mol. The van der Waals surface area contributed by atoms with E-state index in [0.29, 0.717) is 12.2 Å². The molecule has 0 radical (unpaired) electrons. The van der Waals surface area contributed by atoms with Gasteiger partial charge in [0.1, 0.15) is 6.10 Å². The summed E-state index contributed by atoms with van der Waals surface area (Å²) in [6, 6.07) is 0. The molecule has 1 fully saturated rings. The summed E-state index contributed by atoms with van der Waals surface area (Å²) in [6.07, 6.45) is 13.8. The molecule has 1 nitrogen and oxygen atoms in total. The van der Waals surface area contributed by atoms with Gasteiger partial charge in [0, 0.05) is 0 Å². The summed E-state index contributed by atoms with van der Waals surface area (Å²) in [6.45, 7) is 5.99. The highest BCUT2D eigenvalue weighted by Crippen LogP contribution is 2.28. The highest BCUT2D eigenvalue weighted by molar-refractivity contribution is 4.97. The Kier molecular flexibility index (Phi) is 5.93. The van der Waals surface area contributed by atoms with Crippen molar-refractivity contribution < 1.29 is 4.74 Å². The van der Waals surface area contributed by atoms with Crippen molar-refractivity contribution in [2.75, 3.05) is 0 Å². The molecule has 0 aliphatic carbocycles. The molecule has 0 spiro atoms. The number of ether oxygens (including phenoxy) is 1. The van der Waals surface area contributed by atoms with Crippen LogP contribution < -0.4 is 0 Å². The SMILES string of the molecule is C=C[C@@H]1O[C@@H]1CCCCCCCCC. The number of epoxide rings is 1. The first kappa shape index (κ1) is 11.8. The Labute approximate surface area is 88.5 Å². The van der Waals surface area contributed by atoms with Gasteiger partial charge < -0.3 is 4.74 Å². The van der Waals surface area contributed by atoms with Crippen LogP contribution in [0.2, 0.25) is 0 Å². The fourth-order valence-corrected chi connectivity index (χ4v) is 1.90. The molecule has 82 valence electrons. The van der Waals surface area contributed by atoms with Crippen LogP contribution >= 0.6 is 0 Å². The maximum Gasteiger partial charge on any atom is 0.102 e. The molecule has 1 rings (SSSR count). The maximum absolute atomic E-state index is 5.39. The summed E-state index contributed by atoms with van der Waals surface area (Å²) in [5, 5.41) is 0. The van der Waals surface area contributed by atoms with Gasteiger partial charge in [-0.05, 0) is 6.42 Å². The second kappa shape index (κ2) is 7.05. The normalized spacial score (nSPS) is 24.9. The van der Waals surface area contributed by atoms with E-state index in [-0.39, 0.29) is 0 Å². The minimum Gasteiger partial charge on any atom is -0.365 e. The third kappa shape index (κ3) is 4.80. The first-order valence-electron chi connectivity index (χ1n) is 6.16. The van der Waals surface area contributed by atoms with Crippen molar-refractivity contribution >= 4 is 0 Å². The Morgan fingerprint density at radius 3 is 2.29 bits per heavy atom. The van der Waals surface area contributed by atoms with E-state index in [0.717, 1.165) is 0 Å². The predicted octanol–water partition coefficient (Wildman–Crippen LogP) is 4.08. The molecule has 1 aliphatic rings. The van der Waals surface area contributed by atoms with Gasteiger partial charge in [0.2, 0.25) is 0 Å². The van der Waals surface area contributed by atoms with Crippen molar-refractivity contribution in [1.29, 1.82) is 0 Å². The van der Waals surface area contributed by atoms with Crippen molar-refractivity contribution in [3.05, 3.63) is 12.7 Å². The van der Waals surface area contributed by atoms with Crippen LogP contribution in [0.1, 0.15) is 58.3 Å². The summed E-state index contributed by atoms with van der Waals surface area (Å²) >= 11 is 0. The molecule has 1 aliphatic heterocycles. The van der Waals surface area contributed by atoms with Crippen molar-refractivity contribution in [2.45, 2.75) is 70.5 Å². The van der Waals surface area contributed by atoms with Gasteiger partial charge in [-0.1, -0.05) is 57.9 Å². The molecule has 14 heavy (non-hydrogen) atoms. The van der Waals surface area contributed by atoms with Gasteiger partial charge in [-0.15, -0.1) is 6.58 Å². The average molecular weight is 196 g/mol. The first-order chi connectivity index (χ1) is 6.88. The summed E-state index contributed by atoms with van der Waals surface area (Å²) in [5.41, 5.74) is 0. The highest BCUT2D eigenvalue weighted by Gasteiger charge is 2.34. The van der Waals surface area contributed by atoms with Crippen molar-refractivity contribution in [3.8, 4) is 0 Å². The van der Waals surface area contributed by atoms with Crippen LogP contribution in [0.4, 0.5) is 0 Å². The van der Waals surface area contributed by atoms with E-state index < -0.39 is 0 Å². The Morgan fingerprint density at radius 1 is 1.07 bits per heavy atom. The second-order valence-corrected chi connectivity index (χ2v) is 4.28. The molecule has 1 heterocycles. The summed E-state index contributed by atoms with van der Waals surface area (Å²) in [4.78, 5) is 0. The van der Waals surface area contributed by atoms with E-state index in [1.54, 1.807) is 0 Å². The van der Waals surface area contributed by atoms with Gasteiger partial charge in [-0.2, -0.15) is 0 Å². The highest BCUT2D eigenvalue weighted by atomic mass is 16.6. The van der Waals surface area contributed by atoms with Crippen LogP contribution in [-0.4, -0.2) is 12.2 Å². The quantitative estimate of drug-likeness (QED) is 0.307. The Morgan fingerprint density at radius 2 is 1.71 bits per heavy atom. The zero-order valence-corrected chi connectivity index (χ0v) is 9.50. The molecule has 0 unspecified atom stereocenters. The van der Waals surface area contributed by atoms with E-state index in [9.17, 15) is 0 Å². The van der Waals surface area contributed by atoms with Crippen LogP contribution in [0.25, 0.3) is 0 Å². The lowest BCUT2D eigenvalue weighted by Gasteiger charge is -1.99. The number of hydrogen-bond acceptors (Lipinski definition) is 1. The third-order valence-corrected chi connectivity index (χ3v) is 2.95. The standard InChI is InChI=1S/C13H24O/c1-3-5-6-7-8-9-10-11-13-12(4-2)14-13/h4,12-13H,2-3,5-11H2,1H3/t12-,13+/m0/s1. The first-order valence-corrected chi connectivity index (χ1v) is 6.16. The van der Waals surface area contributed by atoms with E-state index >= 15 is 0 Å².